The summed E-state index contributed by atoms with van der Waals surface area (Å²) in [5, 5.41) is 4.25. The Bertz CT molecular complexity index is 1250. The third kappa shape index (κ3) is 5.67. The van der Waals surface area contributed by atoms with Crippen LogP contribution >= 0.6 is 11.8 Å². The molecule has 1 atom stereocenters. The molecular formula is C27H31FN2O5S. The number of thioether (sulfide) groups is 1. The number of ether oxygens (including phenoxy) is 2. The molecule has 9 heteroatoms. The minimum absolute atomic E-state index is 0.100. The minimum Gasteiger partial charge on any atom is -0.493 e. The molecule has 7 nitrogen and oxygen atoms in total. The first-order valence-electron chi connectivity index (χ1n) is 12.1. The summed E-state index contributed by atoms with van der Waals surface area (Å²) in [7, 11) is 0. The number of benzene rings is 2. The second-order valence-corrected chi connectivity index (χ2v) is 11.2. The molecule has 4 rings (SSSR count). The van der Waals surface area contributed by atoms with Gasteiger partial charge in [0.25, 0.3) is 16.1 Å². The Balaban J connectivity index is 1.33. The lowest BCUT2D eigenvalue weighted by atomic mass is 9.89. The molecule has 0 saturated carbocycles. The maximum Gasteiger partial charge on any atom is 0.289 e. The zero-order valence-electron chi connectivity index (χ0n) is 21.0. The van der Waals surface area contributed by atoms with Crippen molar-refractivity contribution in [3.8, 4) is 11.5 Å². The standard InChI is InChI=1S/C27H31FN2O5S/c1-5-7-20-22(13-12-19-21(16-26(2,3)4)30-35-23(19)20)34-15-6-14-33-18-10-8-17(9-11-18)27(28)24(31)29-25(32)36-27/h8-13H,5-7,14-16H2,1-4H3,(H,29,31,32). The SMILES string of the molecule is CCCc1c(OCCCOc2ccc(C3(F)SC(=O)NC3=O)cc2)ccc2c(CC(C)(C)C)noc12. The number of halogens is 1. The van der Waals surface area contributed by atoms with E-state index in [0.717, 1.165) is 47.2 Å². The van der Waals surface area contributed by atoms with Crippen LogP contribution in [0.1, 0.15) is 57.4 Å². The molecule has 1 aliphatic rings. The van der Waals surface area contributed by atoms with Gasteiger partial charge in [-0.05, 0) is 54.3 Å². The lowest BCUT2D eigenvalue weighted by Crippen LogP contribution is -2.30. The van der Waals surface area contributed by atoms with Gasteiger partial charge in [0.05, 0.1) is 18.9 Å². The van der Waals surface area contributed by atoms with E-state index >= 15 is 0 Å². The van der Waals surface area contributed by atoms with Crippen LogP contribution in [0.2, 0.25) is 0 Å². The van der Waals surface area contributed by atoms with Crippen LogP contribution in [0.25, 0.3) is 11.0 Å². The Kier molecular flexibility index (Phi) is 7.59. The van der Waals surface area contributed by atoms with Crippen molar-refractivity contribution < 1.29 is 28.0 Å². The van der Waals surface area contributed by atoms with E-state index in [1.54, 1.807) is 12.1 Å². The number of imide groups is 1. The summed E-state index contributed by atoms with van der Waals surface area (Å²) in [5.74, 6) is 0.375. The number of rotatable bonds is 10. The maximum atomic E-state index is 14.9. The van der Waals surface area contributed by atoms with Crippen LogP contribution in [0.5, 0.6) is 11.5 Å². The Labute approximate surface area is 214 Å². The molecule has 1 saturated heterocycles. The number of carbonyl (C=O) groups excluding carboxylic acids is 2. The van der Waals surface area contributed by atoms with Gasteiger partial charge in [-0.25, -0.2) is 4.39 Å². The number of alkyl halides is 1. The number of aromatic nitrogens is 1. The Morgan fingerprint density at radius 2 is 1.81 bits per heavy atom. The largest absolute Gasteiger partial charge is 0.493 e. The topological polar surface area (TPSA) is 90.7 Å². The Morgan fingerprint density at radius 1 is 1.08 bits per heavy atom. The van der Waals surface area contributed by atoms with Gasteiger partial charge in [0, 0.05) is 22.9 Å². The average Bonchev–Trinajstić information content (AvgIpc) is 3.33. The van der Waals surface area contributed by atoms with Crippen LogP contribution in [-0.2, 0) is 22.6 Å². The van der Waals surface area contributed by atoms with Crippen molar-refractivity contribution in [2.24, 2.45) is 5.41 Å². The number of hydrogen-bond donors (Lipinski definition) is 1. The zero-order chi connectivity index (χ0) is 25.9. The highest BCUT2D eigenvalue weighted by atomic mass is 32.2. The van der Waals surface area contributed by atoms with Crippen LogP contribution < -0.4 is 14.8 Å². The summed E-state index contributed by atoms with van der Waals surface area (Å²) in [4.78, 5) is 23.1. The quantitative estimate of drug-likeness (QED) is 0.317. The summed E-state index contributed by atoms with van der Waals surface area (Å²) in [5.41, 5.74) is 3.01. The van der Waals surface area contributed by atoms with E-state index in [1.165, 1.54) is 12.1 Å². The van der Waals surface area contributed by atoms with E-state index < -0.39 is 16.1 Å². The first kappa shape index (κ1) is 26.0. The molecule has 0 bridgehead atoms. The second kappa shape index (κ2) is 10.5. The fourth-order valence-corrected chi connectivity index (χ4v) is 4.90. The number of fused-ring (bicyclic) bond motifs is 1. The molecule has 1 unspecified atom stereocenters. The molecule has 0 radical (unpaired) electrons. The minimum atomic E-state index is -2.40. The molecule has 1 aliphatic heterocycles. The predicted octanol–water partition coefficient (Wildman–Crippen LogP) is 6.32. The van der Waals surface area contributed by atoms with Crippen LogP contribution in [-0.4, -0.2) is 29.5 Å². The van der Waals surface area contributed by atoms with Gasteiger partial charge in [-0.3, -0.25) is 14.9 Å². The first-order chi connectivity index (χ1) is 17.1. The van der Waals surface area contributed by atoms with E-state index in [-0.39, 0.29) is 11.0 Å². The highest BCUT2D eigenvalue weighted by Gasteiger charge is 2.50. The van der Waals surface area contributed by atoms with E-state index in [1.807, 2.05) is 17.4 Å². The lowest BCUT2D eigenvalue weighted by molar-refractivity contribution is -0.126. The van der Waals surface area contributed by atoms with Crippen molar-refractivity contribution in [2.45, 2.75) is 58.4 Å². The smallest absolute Gasteiger partial charge is 0.289 e. The van der Waals surface area contributed by atoms with Crippen molar-refractivity contribution >= 4 is 33.9 Å². The summed E-state index contributed by atoms with van der Waals surface area (Å²) in [6, 6.07) is 10.1. The van der Waals surface area contributed by atoms with Gasteiger partial charge in [-0.1, -0.05) is 51.4 Å². The van der Waals surface area contributed by atoms with E-state index in [4.69, 9.17) is 14.0 Å². The van der Waals surface area contributed by atoms with E-state index in [9.17, 15) is 14.0 Å². The fourth-order valence-electron chi connectivity index (χ4n) is 4.10. The van der Waals surface area contributed by atoms with Crippen LogP contribution in [0.3, 0.4) is 0 Å². The van der Waals surface area contributed by atoms with Crippen LogP contribution in [0.4, 0.5) is 9.18 Å². The Morgan fingerprint density at radius 3 is 2.44 bits per heavy atom. The molecule has 2 amide bonds. The fraction of sp³-hybridized carbons (Fsp3) is 0.444. The van der Waals surface area contributed by atoms with E-state index in [2.05, 4.69) is 32.9 Å². The molecule has 2 heterocycles. The Hall–Kier alpha value is -3.07. The van der Waals surface area contributed by atoms with Crippen molar-refractivity contribution in [3.05, 3.63) is 53.2 Å². The second-order valence-electron chi connectivity index (χ2n) is 10.0. The number of hydrogen-bond acceptors (Lipinski definition) is 7. The van der Waals surface area contributed by atoms with Crippen LogP contribution in [0.15, 0.2) is 40.9 Å². The molecule has 0 aliphatic carbocycles. The molecule has 192 valence electrons. The molecule has 1 N–H and O–H groups in total. The summed E-state index contributed by atoms with van der Waals surface area (Å²) in [6.07, 6.45) is 3.26. The van der Waals surface area contributed by atoms with Crippen molar-refractivity contribution in [1.29, 1.82) is 0 Å². The normalized spacial score (nSPS) is 18.0. The number of amides is 2. The van der Waals surface area contributed by atoms with Gasteiger partial charge in [-0.15, -0.1) is 0 Å². The number of nitrogens with one attached hydrogen (secondary N) is 1. The molecule has 2 aromatic carbocycles. The van der Waals surface area contributed by atoms with Crippen molar-refractivity contribution in [1.82, 2.24) is 10.5 Å². The summed E-state index contributed by atoms with van der Waals surface area (Å²) >= 11 is 0.332. The average molecular weight is 515 g/mol. The molecule has 1 fully saturated rings. The van der Waals surface area contributed by atoms with Gasteiger partial charge < -0.3 is 14.0 Å². The van der Waals surface area contributed by atoms with Gasteiger partial charge in [0.1, 0.15) is 11.5 Å². The maximum absolute atomic E-state index is 14.9. The highest BCUT2D eigenvalue weighted by molar-refractivity contribution is 8.15. The van der Waals surface area contributed by atoms with Gasteiger partial charge in [0.2, 0.25) is 0 Å². The molecular weight excluding hydrogens is 483 g/mol. The summed E-state index contributed by atoms with van der Waals surface area (Å²) < 4.78 is 32.4. The van der Waals surface area contributed by atoms with Gasteiger partial charge >= 0.3 is 0 Å². The highest BCUT2D eigenvalue weighted by Crippen LogP contribution is 2.43. The molecule has 3 aromatic rings. The predicted molar refractivity (Wildman–Crippen MR) is 137 cm³/mol. The molecule has 0 spiro atoms. The van der Waals surface area contributed by atoms with Gasteiger partial charge in [-0.2, -0.15) is 0 Å². The number of carbonyl (C=O) groups is 2. The number of aryl methyl sites for hydroxylation is 1. The van der Waals surface area contributed by atoms with E-state index in [0.29, 0.717) is 37.1 Å². The lowest BCUT2D eigenvalue weighted by Gasteiger charge is -2.16. The van der Waals surface area contributed by atoms with Crippen molar-refractivity contribution in [3.63, 3.8) is 0 Å². The molecule has 36 heavy (non-hydrogen) atoms. The van der Waals surface area contributed by atoms with Gasteiger partial charge in [0.15, 0.2) is 5.58 Å². The summed E-state index contributed by atoms with van der Waals surface area (Å²) in [6.45, 7) is 9.52. The van der Waals surface area contributed by atoms with Crippen molar-refractivity contribution in [2.75, 3.05) is 13.2 Å². The number of nitrogens with zero attached hydrogens (tertiary/aromatic N) is 1. The van der Waals surface area contributed by atoms with Crippen LogP contribution in [0, 0.1) is 5.41 Å². The molecule has 1 aromatic heterocycles. The first-order valence-corrected chi connectivity index (χ1v) is 12.9. The third-order valence-electron chi connectivity index (χ3n) is 5.75. The third-order valence-corrected chi connectivity index (χ3v) is 6.74. The monoisotopic (exact) mass is 514 g/mol. The zero-order valence-corrected chi connectivity index (χ0v) is 21.8.